The van der Waals surface area contributed by atoms with Crippen LogP contribution in [0, 0.1) is 13.8 Å². The van der Waals surface area contributed by atoms with Crippen LogP contribution in [0.3, 0.4) is 0 Å². The minimum absolute atomic E-state index is 0.00572. The molecular formula is C22H23N3O3. The molecule has 0 spiro atoms. The third-order valence-corrected chi connectivity index (χ3v) is 4.76. The van der Waals surface area contributed by atoms with Crippen LogP contribution in [0.4, 0.5) is 0 Å². The highest BCUT2D eigenvalue weighted by Crippen LogP contribution is 2.37. The molecule has 0 aliphatic carbocycles. The number of aryl methyl sites for hydroxylation is 3. The lowest BCUT2D eigenvalue weighted by molar-refractivity contribution is -0.121. The van der Waals surface area contributed by atoms with E-state index in [9.17, 15) is 4.79 Å². The highest BCUT2D eigenvalue weighted by atomic mass is 16.5. The number of hydrogen-bond acceptors (Lipinski definition) is 5. The summed E-state index contributed by atoms with van der Waals surface area (Å²) in [6.45, 7) is 4.39. The van der Waals surface area contributed by atoms with Crippen LogP contribution in [0.5, 0.6) is 5.75 Å². The van der Waals surface area contributed by atoms with Crippen LogP contribution < -0.4 is 10.1 Å². The fraction of sp³-hybridized carbons (Fsp3) is 0.318. The van der Waals surface area contributed by atoms with Crippen molar-refractivity contribution < 1.29 is 13.9 Å². The first kappa shape index (κ1) is 18.2. The van der Waals surface area contributed by atoms with E-state index < -0.39 is 0 Å². The molecule has 3 aromatic rings. The van der Waals surface area contributed by atoms with Gasteiger partial charge in [-0.25, -0.2) is 9.97 Å². The minimum atomic E-state index is -0.0883. The first-order valence-electron chi connectivity index (χ1n) is 9.49. The van der Waals surface area contributed by atoms with Gasteiger partial charge in [-0.1, -0.05) is 12.1 Å². The number of nitrogens with one attached hydrogen (secondary N) is 1. The maximum Gasteiger partial charge on any atom is 0.220 e. The molecule has 1 aliphatic rings. The molecule has 2 aromatic heterocycles. The maximum atomic E-state index is 12.1. The van der Waals surface area contributed by atoms with Gasteiger partial charge in [0.15, 0.2) is 5.82 Å². The van der Waals surface area contributed by atoms with Gasteiger partial charge < -0.3 is 14.5 Å². The molecule has 0 bridgehead atoms. The summed E-state index contributed by atoms with van der Waals surface area (Å²) in [5.41, 5.74) is 3.88. The molecule has 1 aromatic carbocycles. The zero-order valence-electron chi connectivity index (χ0n) is 16.1. The quantitative estimate of drug-likeness (QED) is 0.712. The van der Waals surface area contributed by atoms with Gasteiger partial charge in [0.1, 0.15) is 17.6 Å². The molecule has 144 valence electrons. The summed E-state index contributed by atoms with van der Waals surface area (Å²) in [7, 11) is 0. The Hall–Kier alpha value is -3.15. The van der Waals surface area contributed by atoms with E-state index in [2.05, 4.69) is 21.4 Å². The number of amides is 1. The minimum Gasteiger partial charge on any atom is -0.487 e. The number of furan rings is 1. The lowest BCUT2D eigenvalue weighted by Crippen LogP contribution is -2.34. The second-order valence-corrected chi connectivity index (χ2v) is 7.10. The molecular weight excluding hydrogens is 354 g/mol. The normalized spacial score (nSPS) is 15.1. The maximum absolute atomic E-state index is 12.1. The van der Waals surface area contributed by atoms with Crippen molar-refractivity contribution in [1.29, 1.82) is 0 Å². The summed E-state index contributed by atoms with van der Waals surface area (Å²) in [4.78, 5) is 21.2. The topological polar surface area (TPSA) is 77.2 Å². The fourth-order valence-electron chi connectivity index (χ4n) is 3.48. The monoisotopic (exact) mass is 377 g/mol. The molecule has 1 N–H and O–H groups in total. The van der Waals surface area contributed by atoms with Crippen LogP contribution in [-0.4, -0.2) is 28.5 Å². The van der Waals surface area contributed by atoms with E-state index >= 15 is 0 Å². The van der Waals surface area contributed by atoms with Gasteiger partial charge in [-0.2, -0.15) is 0 Å². The number of carbonyl (C=O) groups excluding carboxylic acids is 1. The SMILES string of the molecule is Cc1cc(C)nc(-c2cccc3c2OC(CNC(=O)CCc2ccco2)C3)n1. The number of para-hydroxylation sites is 1. The molecule has 1 amide bonds. The number of ether oxygens (including phenoxy) is 1. The predicted molar refractivity (Wildman–Crippen MR) is 105 cm³/mol. The molecule has 3 heterocycles. The Balaban J connectivity index is 1.39. The second kappa shape index (κ2) is 7.84. The molecule has 0 radical (unpaired) electrons. The van der Waals surface area contributed by atoms with Gasteiger partial charge in [-0.15, -0.1) is 0 Å². The zero-order chi connectivity index (χ0) is 19.5. The van der Waals surface area contributed by atoms with Crippen molar-refractivity contribution in [2.75, 3.05) is 6.54 Å². The van der Waals surface area contributed by atoms with Gasteiger partial charge in [0.2, 0.25) is 5.91 Å². The Morgan fingerprint density at radius 1 is 1.18 bits per heavy atom. The van der Waals surface area contributed by atoms with E-state index in [-0.39, 0.29) is 12.0 Å². The lowest BCUT2D eigenvalue weighted by atomic mass is 10.1. The van der Waals surface area contributed by atoms with Gasteiger partial charge in [0.05, 0.1) is 18.4 Å². The van der Waals surface area contributed by atoms with Gasteiger partial charge >= 0.3 is 0 Å². The van der Waals surface area contributed by atoms with Crippen LogP contribution in [-0.2, 0) is 17.6 Å². The molecule has 0 fully saturated rings. The smallest absolute Gasteiger partial charge is 0.220 e. The molecule has 0 saturated carbocycles. The highest BCUT2D eigenvalue weighted by Gasteiger charge is 2.27. The van der Waals surface area contributed by atoms with Crippen LogP contribution >= 0.6 is 0 Å². The molecule has 1 unspecified atom stereocenters. The summed E-state index contributed by atoms with van der Waals surface area (Å²) in [6, 6.07) is 11.7. The summed E-state index contributed by atoms with van der Waals surface area (Å²) in [5.74, 6) is 2.31. The number of nitrogens with zero attached hydrogens (tertiary/aromatic N) is 2. The summed E-state index contributed by atoms with van der Waals surface area (Å²) in [5, 5.41) is 2.96. The number of rotatable bonds is 6. The summed E-state index contributed by atoms with van der Waals surface area (Å²) in [6.07, 6.45) is 3.28. The van der Waals surface area contributed by atoms with Crippen molar-refractivity contribution in [3.8, 4) is 17.1 Å². The largest absolute Gasteiger partial charge is 0.487 e. The van der Waals surface area contributed by atoms with Crippen molar-refractivity contribution in [2.24, 2.45) is 0 Å². The van der Waals surface area contributed by atoms with Crippen LogP contribution in [0.15, 0.2) is 47.1 Å². The van der Waals surface area contributed by atoms with E-state index in [1.165, 1.54) is 0 Å². The van der Waals surface area contributed by atoms with Gasteiger partial charge in [-0.3, -0.25) is 4.79 Å². The van der Waals surface area contributed by atoms with Crippen molar-refractivity contribution >= 4 is 5.91 Å². The Bertz CT molecular complexity index is 962. The average Bonchev–Trinajstić information content (AvgIpc) is 3.32. The molecule has 6 nitrogen and oxygen atoms in total. The van der Waals surface area contributed by atoms with Crippen molar-refractivity contribution in [3.05, 3.63) is 65.4 Å². The third kappa shape index (κ3) is 4.06. The lowest BCUT2D eigenvalue weighted by Gasteiger charge is -2.13. The molecule has 4 rings (SSSR count). The number of hydrogen-bond donors (Lipinski definition) is 1. The molecule has 1 aliphatic heterocycles. The zero-order valence-corrected chi connectivity index (χ0v) is 16.1. The fourth-order valence-corrected chi connectivity index (χ4v) is 3.48. The molecule has 0 saturated heterocycles. The van der Waals surface area contributed by atoms with Gasteiger partial charge in [0.25, 0.3) is 0 Å². The van der Waals surface area contributed by atoms with E-state index in [0.29, 0.717) is 25.2 Å². The van der Waals surface area contributed by atoms with Crippen LogP contribution in [0.25, 0.3) is 11.4 Å². The number of aromatic nitrogens is 2. The molecule has 6 heteroatoms. The number of benzene rings is 1. The van der Waals surface area contributed by atoms with E-state index in [0.717, 1.165) is 40.4 Å². The Kier molecular flexibility index (Phi) is 5.10. The van der Waals surface area contributed by atoms with Gasteiger partial charge in [0, 0.05) is 30.7 Å². The van der Waals surface area contributed by atoms with Crippen molar-refractivity contribution in [1.82, 2.24) is 15.3 Å². The van der Waals surface area contributed by atoms with Crippen molar-refractivity contribution in [3.63, 3.8) is 0 Å². The predicted octanol–water partition coefficient (Wildman–Crippen LogP) is 3.41. The van der Waals surface area contributed by atoms with Crippen molar-refractivity contribution in [2.45, 2.75) is 39.2 Å². The van der Waals surface area contributed by atoms with Crippen LogP contribution in [0.1, 0.15) is 29.1 Å². The first-order chi connectivity index (χ1) is 13.6. The Morgan fingerprint density at radius 2 is 2.00 bits per heavy atom. The van der Waals surface area contributed by atoms with E-state index in [1.54, 1.807) is 6.26 Å². The van der Waals surface area contributed by atoms with E-state index in [1.807, 2.05) is 44.2 Å². The molecule has 1 atom stereocenters. The van der Waals surface area contributed by atoms with Crippen LogP contribution in [0.2, 0.25) is 0 Å². The summed E-state index contributed by atoms with van der Waals surface area (Å²) < 4.78 is 11.4. The standard InChI is InChI=1S/C22H23N3O3/c1-14-11-15(2)25-22(24-14)19-7-3-5-16-12-18(28-21(16)19)13-23-20(26)9-8-17-6-4-10-27-17/h3-7,10-11,18H,8-9,12-13H2,1-2H3,(H,23,26). The van der Waals surface area contributed by atoms with Gasteiger partial charge in [-0.05, 0) is 43.7 Å². The average molecular weight is 377 g/mol. The third-order valence-electron chi connectivity index (χ3n) is 4.76. The first-order valence-corrected chi connectivity index (χ1v) is 9.49. The Morgan fingerprint density at radius 3 is 2.75 bits per heavy atom. The molecule has 28 heavy (non-hydrogen) atoms. The Labute approximate surface area is 164 Å². The number of carbonyl (C=O) groups is 1. The highest BCUT2D eigenvalue weighted by molar-refractivity contribution is 5.76. The van der Waals surface area contributed by atoms with E-state index in [4.69, 9.17) is 9.15 Å². The summed E-state index contributed by atoms with van der Waals surface area (Å²) >= 11 is 0. The number of fused-ring (bicyclic) bond motifs is 1. The second-order valence-electron chi connectivity index (χ2n) is 7.10.